The Morgan fingerprint density at radius 3 is 2.41 bits per heavy atom. The van der Waals surface area contributed by atoms with Crippen LogP contribution < -0.4 is 11.1 Å². The highest BCUT2D eigenvalue weighted by Gasteiger charge is 2.27. The number of carbonyl (C=O) groups is 1. The maximum absolute atomic E-state index is 12.8. The number of benzene rings is 1. The van der Waals surface area contributed by atoms with E-state index in [2.05, 4.69) is 15.9 Å². The molecule has 0 unspecified atom stereocenters. The van der Waals surface area contributed by atoms with Crippen LogP contribution in [0.2, 0.25) is 0 Å². The lowest BCUT2D eigenvalue weighted by atomic mass is 10.3. The summed E-state index contributed by atoms with van der Waals surface area (Å²) in [7, 11) is -3.49. The molecule has 0 saturated carbocycles. The van der Waals surface area contributed by atoms with E-state index in [1.165, 1.54) is 12.1 Å². The second kappa shape index (κ2) is 7.98. The van der Waals surface area contributed by atoms with Gasteiger partial charge in [-0.2, -0.15) is 0 Å². The topological polar surface area (TPSA) is 89.3 Å². The molecule has 124 valence electrons. The van der Waals surface area contributed by atoms with Gasteiger partial charge in [0, 0.05) is 10.9 Å². The number of sulfone groups is 1. The summed E-state index contributed by atoms with van der Waals surface area (Å²) in [5.74, 6) is -4.01. The molecule has 0 saturated heterocycles. The monoisotopic (exact) mass is 398 g/mol. The van der Waals surface area contributed by atoms with Gasteiger partial charge in [-0.3, -0.25) is 4.79 Å². The average molecular weight is 399 g/mol. The molecule has 0 radical (unpaired) electrons. The molecule has 9 heteroatoms. The van der Waals surface area contributed by atoms with E-state index in [0.29, 0.717) is 0 Å². The van der Waals surface area contributed by atoms with Crippen LogP contribution in [0.5, 0.6) is 0 Å². The largest absolute Gasteiger partial charge is 0.350 e. The smallest absolute Gasteiger partial charge is 0.277 e. The molecule has 5 nitrogen and oxygen atoms in total. The minimum atomic E-state index is -3.49. The summed E-state index contributed by atoms with van der Waals surface area (Å²) >= 11 is 3.21. The van der Waals surface area contributed by atoms with E-state index >= 15 is 0 Å². The summed E-state index contributed by atoms with van der Waals surface area (Å²) in [6.45, 7) is -1.70. The van der Waals surface area contributed by atoms with Crippen molar-refractivity contribution in [2.24, 2.45) is 5.73 Å². The zero-order valence-corrected chi connectivity index (χ0v) is 14.1. The third-order valence-corrected chi connectivity index (χ3v) is 5.18. The Kier molecular flexibility index (Phi) is 6.89. The maximum atomic E-state index is 12.8. The molecule has 0 aliphatic heterocycles. The van der Waals surface area contributed by atoms with E-state index in [9.17, 15) is 22.0 Å². The molecule has 0 aromatic heterocycles. The molecule has 0 bridgehead atoms. The van der Waals surface area contributed by atoms with Gasteiger partial charge in [0.05, 0.1) is 23.7 Å². The first-order valence-electron chi connectivity index (χ1n) is 6.49. The highest BCUT2D eigenvalue weighted by Crippen LogP contribution is 2.17. The Morgan fingerprint density at radius 1 is 1.27 bits per heavy atom. The van der Waals surface area contributed by atoms with E-state index in [0.717, 1.165) is 4.47 Å². The van der Waals surface area contributed by atoms with Crippen molar-refractivity contribution in [3.05, 3.63) is 28.7 Å². The first-order valence-corrected chi connectivity index (χ1v) is 8.94. The molecule has 0 atom stereocenters. The SMILES string of the molecule is NCC(F)(F)CNC(=O)CCCS(=O)(=O)c1ccc(Br)cc1. The Balaban J connectivity index is 2.43. The predicted molar refractivity (Wildman–Crippen MR) is 82.4 cm³/mol. The lowest BCUT2D eigenvalue weighted by Crippen LogP contribution is -2.41. The molecule has 0 spiro atoms. The maximum Gasteiger partial charge on any atom is 0.277 e. The first kappa shape index (κ1) is 19.0. The molecule has 1 amide bonds. The fourth-order valence-electron chi connectivity index (χ4n) is 1.57. The van der Waals surface area contributed by atoms with Crippen LogP contribution in [0.25, 0.3) is 0 Å². The molecule has 1 aromatic rings. The van der Waals surface area contributed by atoms with Gasteiger partial charge in [0.15, 0.2) is 9.84 Å². The van der Waals surface area contributed by atoms with Crippen molar-refractivity contribution in [3.63, 3.8) is 0 Å². The standard InChI is InChI=1S/C13H17BrF2N2O3S/c14-10-3-5-11(6-4-10)22(20,21)7-1-2-12(19)18-9-13(15,16)8-17/h3-6H,1-2,7-9,17H2,(H,18,19). The Morgan fingerprint density at radius 2 is 1.86 bits per heavy atom. The Bertz CT molecular complexity index is 606. The number of nitrogens with one attached hydrogen (secondary N) is 1. The predicted octanol–water partition coefficient (Wildman–Crippen LogP) is 1.71. The van der Waals surface area contributed by atoms with Gasteiger partial charge in [0.2, 0.25) is 5.91 Å². The van der Waals surface area contributed by atoms with Crippen LogP contribution in [-0.4, -0.2) is 39.1 Å². The second-order valence-electron chi connectivity index (χ2n) is 4.71. The fraction of sp³-hybridized carbons (Fsp3) is 0.462. The summed E-state index contributed by atoms with van der Waals surface area (Å²) in [4.78, 5) is 11.5. The molecular weight excluding hydrogens is 382 g/mol. The molecule has 1 rings (SSSR count). The van der Waals surface area contributed by atoms with E-state index in [1.807, 2.05) is 5.32 Å². The minimum Gasteiger partial charge on any atom is -0.350 e. The molecule has 0 aliphatic carbocycles. The third-order valence-electron chi connectivity index (χ3n) is 2.83. The van der Waals surface area contributed by atoms with E-state index in [-0.39, 0.29) is 23.5 Å². The van der Waals surface area contributed by atoms with E-state index in [4.69, 9.17) is 5.73 Å². The Hall–Kier alpha value is -1.06. The van der Waals surface area contributed by atoms with Crippen molar-refractivity contribution in [2.45, 2.75) is 23.7 Å². The van der Waals surface area contributed by atoms with Crippen LogP contribution in [0.1, 0.15) is 12.8 Å². The number of alkyl halides is 2. The first-order chi connectivity index (χ1) is 10.2. The van der Waals surface area contributed by atoms with Crippen LogP contribution in [0, 0.1) is 0 Å². The van der Waals surface area contributed by atoms with Crippen molar-refractivity contribution >= 4 is 31.7 Å². The van der Waals surface area contributed by atoms with Gasteiger partial charge in [-0.25, -0.2) is 17.2 Å². The van der Waals surface area contributed by atoms with Gasteiger partial charge in [0.1, 0.15) is 0 Å². The third kappa shape index (κ3) is 6.37. The average Bonchev–Trinajstić information content (AvgIpc) is 2.45. The zero-order chi connectivity index (χ0) is 16.8. The van der Waals surface area contributed by atoms with Crippen molar-refractivity contribution in [3.8, 4) is 0 Å². The lowest BCUT2D eigenvalue weighted by Gasteiger charge is -2.14. The molecule has 1 aromatic carbocycles. The minimum absolute atomic E-state index is 0.0540. The van der Waals surface area contributed by atoms with Crippen molar-refractivity contribution in [1.29, 1.82) is 0 Å². The van der Waals surface area contributed by atoms with Gasteiger partial charge >= 0.3 is 0 Å². The van der Waals surface area contributed by atoms with Crippen molar-refractivity contribution in [2.75, 3.05) is 18.8 Å². The van der Waals surface area contributed by atoms with Crippen LogP contribution in [0.3, 0.4) is 0 Å². The van der Waals surface area contributed by atoms with Crippen LogP contribution >= 0.6 is 15.9 Å². The summed E-state index contributed by atoms with van der Waals surface area (Å²) in [6, 6.07) is 6.13. The van der Waals surface area contributed by atoms with Crippen molar-refractivity contribution in [1.82, 2.24) is 5.32 Å². The van der Waals surface area contributed by atoms with Gasteiger partial charge in [-0.05, 0) is 30.7 Å². The van der Waals surface area contributed by atoms with Crippen LogP contribution in [-0.2, 0) is 14.6 Å². The summed E-state index contributed by atoms with van der Waals surface area (Å²) in [5.41, 5.74) is 4.84. The number of amides is 1. The molecule has 0 aliphatic rings. The van der Waals surface area contributed by atoms with Crippen LogP contribution in [0.4, 0.5) is 8.78 Å². The van der Waals surface area contributed by atoms with Gasteiger partial charge < -0.3 is 11.1 Å². The van der Waals surface area contributed by atoms with Crippen LogP contribution in [0.15, 0.2) is 33.6 Å². The summed E-state index contributed by atoms with van der Waals surface area (Å²) in [5, 5.41) is 2.04. The molecule has 0 fully saturated rings. The number of hydrogen-bond acceptors (Lipinski definition) is 4. The quantitative estimate of drug-likeness (QED) is 0.697. The van der Waals surface area contributed by atoms with Gasteiger partial charge in [-0.1, -0.05) is 15.9 Å². The molecule has 0 heterocycles. The van der Waals surface area contributed by atoms with E-state index < -0.39 is 34.8 Å². The fourth-order valence-corrected chi connectivity index (χ4v) is 3.15. The summed E-state index contributed by atoms with van der Waals surface area (Å²) < 4.78 is 50.4. The molecule has 3 N–H and O–H groups in total. The number of carbonyl (C=O) groups excluding carboxylic acids is 1. The van der Waals surface area contributed by atoms with Crippen molar-refractivity contribution < 1.29 is 22.0 Å². The number of rotatable bonds is 8. The molecule has 22 heavy (non-hydrogen) atoms. The molecular formula is C13H17BrF2N2O3S. The summed E-state index contributed by atoms with van der Waals surface area (Å²) in [6.07, 6.45) is -0.0885. The number of halogens is 3. The van der Waals surface area contributed by atoms with Gasteiger partial charge in [0.25, 0.3) is 5.92 Å². The zero-order valence-electron chi connectivity index (χ0n) is 11.7. The number of nitrogens with two attached hydrogens (primary N) is 1. The lowest BCUT2D eigenvalue weighted by molar-refractivity contribution is -0.122. The Labute approximate surface area is 136 Å². The highest BCUT2D eigenvalue weighted by molar-refractivity contribution is 9.10. The normalized spacial score (nSPS) is 12.2. The van der Waals surface area contributed by atoms with Gasteiger partial charge in [-0.15, -0.1) is 0 Å². The highest BCUT2D eigenvalue weighted by atomic mass is 79.9. The van der Waals surface area contributed by atoms with E-state index in [1.54, 1.807) is 12.1 Å². The second-order valence-corrected chi connectivity index (χ2v) is 7.74. The number of hydrogen-bond donors (Lipinski definition) is 2.